The van der Waals surface area contributed by atoms with E-state index in [1.54, 1.807) is 6.20 Å². The Morgan fingerprint density at radius 3 is 2.30 bits per heavy atom. The number of hydrogen-bond acceptors (Lipinski definition) is 3. The molecule has 128 valence electrons. The number of aromatic nitrogens is 1. The van der Waals surface area contributed by atoms with Gasteiger partial charge in [-0.15, -0.1) is 0 Å². The van der Waals surface area contributed by atoms with Gasteiger partial charge in [-0.05, 0) is 37.8 Å². The summed E-state index contributed by atoms with van der Waals surface area (Å²) >= 11 is 0. The maximum Gasteiger partial charge on any atom is 0.255 e. The lowest BCUT2D eigenvalue weighted by Crippen LogP contribution is -2.32. The van der Waals surface area contributed by atoms with Gasteiger partial charge in [-0.2, -0.15) is 0 Å². The fraction of sp³-hybridized carbons (Fsp3) is 0.684. The van der Waals surface area contributed by atoms with E-state index in [0.29, 0.717) is 11.6 Å². The van der Waals surface area contributed by atoms with Gasteiger partial charge in [0.25, 0.3) is 5.91 Å². The van der Waals surface area contributed by atoms with Crippen LogP contribution in [-0.4, -0.2) is 34.9 Å². The lowest BCUT2D eigenvalue weighted by Gasteiger charge is -2.21. The van der Waals surface area contributed by atoms with Crippen molar-refractivity contribution in [2.24, 2.45) is 0 Å². The first-order valence-corrected chi connectivity index (χ1v) is 9.26. The van der Waals surface area contributed by atoms with Gasteiger partial charge in [0.15, 0.2) is 0 Å². The van der Waals surface area contributed by atoms with E-state index in [4.69, 9.17) is 0 Å². The Bertz CT molecular complexity index is 458. The SMILES string of the molecule is CCCN(CCC)C(=O)c1ccc(NC2CCCCCC2)nc1. The summed E-state index contributed by atoms with van der Waals surface area (Å²) in [6.07, 6.45) is 11.5. The van der Waals surface area contributed by atoms with Crippen molar-refractivity contribution < 1.29 is 4.79 Å². The second-order valence-corrected chi connectivity index (χ2v) is 6.56. The molecule has 1 aromatic heterocycles. The minimum absolute atomic E-state index is 0.0993. The van der Waals surface area contributed by atoms with Crippen molar-refractivity contribution in [2.75, 3.05) is 18.4 Å². The third-order valence-corrected chi connectivity index (χ3v) is 4.49. The lowest BCUT2D eigenvalue weighted by molar-refractivity contribution is 0.0755. The second-order valence-electron chi connectivity index (χ2n) is 6.56. The van der Waals surface area contributed by atoms with Crippen molar-refractivity contribution in [1.29, 1.82) is 0 Å². The van der Waals surface area contributed by atoms with Crippen LogP contribution < -0.4 is 5.32 Å². The summed E-state index contributed by atoms with van der Waals surface area (Å²) in [5, 5.41) is 3.53. The van der Waals surface area contributed by atoms with E-state index in [1.165, 1.54) is 38.5 Å². The van der Waals surface area contributed by atoms with E-state index in [2.05, 4.69) is 24.1 Å². The fourth-order valence-electron chi connectivity index (χ4n) is 3.28. The second kappa shape index (κ2) is 9.53. The van der Waals surface area contributed by atoms with Crippen LogP contribution in [0.4, 0.5) is 5.82 Å². The molecular formula is C19H31N3O. The molecule has 1 fully saturated rings. The summed E-state index contributed by atoms with van der Waals surface area (Å²) in [5.41, 5.74) is 0.693. The van der Waals surface area contributed by atoms with Crippen LogP contribution in [0.3, 0.4) is 0 Å². The zero-order chi connectivity index (χ0) is 16.5. The third kappa shape index (κ3) is 5.52. The summed E-state index contributed by atoms with van der Waals surface area (Å²) in [7, 11) is 0. The average molecular weight is 317 g/mol. The first kappa shape index (κ1) is 17.8. The van der Waals surface area contributed by atoms with Crippen molar-refractivity contribution in [2.45, 2.75) is 71.3 Å². The normalized spacial score (nSPS) is 15.9. The Labute approximate surface area is 140 Å². The van der Waals surface area contributed by atoms with E-state index in [9.17, 15) is 4.79 Å². The number of pyridine rings is 1. The first-order chi connectivity index (χ1) is 11.2. The summed E-state index contributed by atoms with van der Waals surface area (Å²) in [6.45, 7) is 5.84. The predicted octanol–water partition coefficient (Wildman–Crippen LogP) is 4.48. The number of amides is 1. The Morgan fingerprint density at radius 1 is 1.13 bits per heavy atom. The number of carbonyl (C=O) groups excluding carboxylic acids is 1. The minimum atomic E-state index is 0.0993. The maximum absolute atomic E-state index is 12.5. The standard InChI is InChI=1S/C19H31N3O/c1-3-13-22(14-4-2)19(23)16-11-12-18(20-15-16)21-17-9-7-5-6-8-10-17/h11-12,15,17H,3-10,13-14H2,1-2H3,(H,20,21). The molecule has 1 heterocycles. The zero-order valence-electron chi connectivity index (χ0n) is 14.7. The number of hydrogen-bond donors (Lipinski definition) is 1. The number of carbonyl (C=O) groups is 1. The summed E-state index contributed by atoms with van der Waals surface area (Å²) in [4.78, 5) is 18.9. The predicted molar refractivity (Wildman–Crippen MR) is 95.8 cm³/mol. The molecule has 2 rings (SSSR count). The van der Waals surface area contributed by atoms with E-state index in [-0.39, 0.29) is 5.91 Å². The van der Waals surface area contributed by atoms with Gasteiger partial charge in [-0.3, -0.25) is 4.79 Å². The van der Waals surface area contributed by atoms with Crippen LogP contribution in [0.5, 0.6) is 0 Å². The van der Waals surface area contributed by atoms with Crippen LogP contribution in [0.2, 0.25) is 0 Å². The van der Waals surface area contributed by atoms with Crippen LogP contribution in [0, 0.1) is 0 Å². The number of anilines is 1. The maximum atomic E-state index is 12.5. The molecule has 0 spiro atoms. The van der Waals surface area contributed by atoms with Crippen molar-refractivity contribution in [1.82, 2.24) is 9.88 Å². The molecule has 0 bridgehead atoms. The zero-order valence-corrected chi connectivity index (χ0v) is 14.7. The Balaban J connectivity index is 1.96. The molecule has 0 radical (unpaired) electrons. The lowest BCUT2D eigenvalue weighted by atomic mass is 10.1. The summed E-state index contributed by atoms with van der Waals surface area (Å²) < 4.78 is 0. The van der Waals surface area contributed by atoms with Crippen LogP contribution in [0.15, 0.2) is 18.3 Å². The Kier molecular flexibility index (Phi) is 7.37. The minimum Gasteiger partial charge on any atom is -0.367 e. The van der Waals surface area contributed by atoms with Crippen LogP contribution in [-0.2, 0) is 0 Å². The fourth-order valence-corrected chi connectivity index (χ4v) is 3.28. The van der Waals surface area contributed by atoms with Crippen LogP contribution in [0.1, 0.15) is 75.6 Å². The molecule has 0 saturated heterocycles. The Hall–Kier alpha value is -1.58. The molecule has 0 aromatic carbocycles. The highest BCUT2D eigenvalue weighted by atomic mass is 16.2. The van der Waals surface area contributed by atoms with Crippen molar-refractivity contribution in [3.8, 4) is 0 Å². The highest BCUT2D eigenvalue weighted by Crippen LogP contribution is 2.20. The van der Waals surface area contributed by atoms with Gasteiger partial charge < -0.3 is 10.2 Å². The molecule has 1 aromatic rings. The van der Waals surface area contributed by atoms with Gasteiger partial charge in [0.2, 0.25) is 0 Å². The van der Waals surface area contributed by atoms with Gasteiger partial charge in [-0.1, -0.05) is 39.5 Å². The van der Waals surface area contributed by atoms with E-state index >= 15 is 0 Å². The number of rotatable bonds is 7. The molecule has 1 aliphatic carbocycles. The van der Waals surface area contributed by atoms with Crippen molar-refractivity contribution in [3.05, 3.63) is 23.9 Å². The number of nitrogens with zero attached hydrogens (tertiary/aromatic N) is 2. The molecule has 1 aliphatic rings. The quantitative estimate of drug-likeness (QED) is 0.754. The smallest absolute Gasteiger partial charge is 0.255 e. The molecule has 23 heavy (non-hydrogen) atoms. The van der Waals surface area contributed by atoms with Crippen LogP contribution >= 0.6 is 0 Å². The molecular weight excluding hydrogens is 286 g/mol. The highest BCUT2D eigenvalue weighted by molar-refractivity contribution is 5.94. The van der Waals surface area contributed by atoms with Gasteiger partial charge in [0.05, 0.1) is 5.56 Å². The molecule has 1 N–H and O–H groups in total. The van der Waals surface area contributed by atoms with E-state index in [1.807, 2.05) is 17.0 Å². The third-order valence-electron chi connectivity index (χ3n) is 4.49. The molecule has 0 aliphatic heterocycles. The molecule has 0 atom stereocenters. The molecule has 1 amide bonds. The summed E-state index contributed by atoms with van der Waals surface area (Å²) in [6, 6.07) is 4.39. The average Bonchev–Trinajstić information content (AvgIpc) is 2.83. The number of nitrogens with one attached hydrogen (secondary N) is 1. The van der Waals surface area contributed by atoms with Crippen LogP contribution in [0.25, 0.3) is 0 Å². The van der Waals surface area contributed by atoms with Gasteiger partial charge in [-0.25, -0.2) is 4.98 Å². The van der Waals surface area contributed by atoms with Crippen molar-refractivity contribution >= 4 is 11.7 Å². The molecule has 1 saturated carbocycles. The first-order valence-electron chi connectivity index (χ1n) is 9.26. The molecule has 0 unspecified atom stereocenters. The molecule has 4 heteroatoms. The van der Waals surface area contributed by atoms with Gasteiger partial charge in [0, 0.05) is 25.3 Å². The highest BCUT2D eigenvalue weighted by Gasteiger charge is 2.16. The summed E-state index contributed by atoms with van der Waals surface area (Å²) in [5.74, 6) is 0.994. The van der Waals surface area contributed by atoms with E-state index < -0.39 is 0 Å². The Morgan fingerprint density at radius 2 is 1.78 bits per heavy atom. The monoisotopic (exact) mass is 317 g/mol. The van der Waals surface area contributed by atoms with Crippen molar-refractivity contribution in [3.63, 3.8) is 0 Å². The van der Waals surface area contributed by atoms with Gasteiger partial charge in [0.1, 0.15) is 5.82 Å². The largest absolute Gasteiger partial charge is 0.367 e. The molecule has 4 nitrogen and oxygen atoms in total. The topological polar surface area (TPSA) is 45.2 Å². The van der Waals surface area contributed by atoms with Gasteiger partial charge >= 0.3 is 0 Å². The van der Waals surface area contributed by atoms with E-state index in [0.717, 1.165) is 31.7 Å².